The van der Waals surface area contributed by atoms with Gasteiger partial charge in [-0.05, 0) is 56.0 Å². The Morgan fingerprint density at radius 3 is 2.75 bits per heavy atom. The van der Waals surface area contributed by atoms with E-state index in [1.54, 1.807) is 4.90 Å². The minimum absolute atomic E-state index is 0.0634. The van der Waals surface area contributed by atoms with E-state index in [4.69, 9.17) is 4.52 Å². The molecule has 7 heteroatoms. The molecule has 0 bridgehead atoms. The highest BCUT2D eigenvalue weighted by Crippen LogP contribution is 2.36. The summed E-state index contributed by atoms with van der Waals surface area (Å²) in [5, 5.41) is 7.12. The first kappa shape index (κ1) is 20.4. The molecule has 1 aromatic heterocycles. The summed E-state index contributed by atoms with van der Waals surface area (Å²) in [5.41, 5.74) is 4.49. The third-order valence-corrected chi connectivity index (χ3v) is 6.67. The fourth-order valence-corrected chi connectivity index (χ4v) is 4.24. The normalized spacial score (nSPS) is 18.6. The van der Waals surface area contributed by atoms with Gasteiger partial charge in [0.2, 0.25) is 23.5 Å². The molecule has 2 amide bonds. The van der Waals surface area contributed by atoms with E-state index in [2.05, 4.69) is 15.5 Å². The standard InChI is InChI=1S/C25H26N4O3/c1-15-6-3-11-21(16(15)2)26-24(31)19-13-22(30)29(14-19)20-10-5-9-18(12-20)23-27-25(32-28-23)17-7-4-8-17/h3,5-6,9-12,17,19H,4,7-8,13-14H2,1-2H3,(H,26,31)/t19-/m1/s1. The quantitative estimate of drug-likeness (QED) is 0.638. The first-order valence-corrected chi connectivity index (χ1v) is 11.1. The van der Waals surface area contributed by atoms with Gasteiger partial charge in [0, 0.05) is 35.8 Å². The maximum absolute atomic E-state index is 12.9. The van der Waals surface area contributed by atoms with Crippen LogP contribution >= 0.6 is 0 Å². The van der Waals surface area contributed by atoms with Crippen molar-refractivity contribution < 1.29 is 14.1 Å². The van der Waals surface area contributed by atoms with Crippen molar-refractivity contribution in [3.8, 4) is 11.4 Å². The van der Waals surface area contributed by atoms with E-state index in [9.17, 15) is 9.59 Å². The Kier molecular flexibility index (Phi) is 5.25. The van der Waals surface area contributed by atoms with Crippen LogP contribution in [0.1, 0.15) is 48.6 Å². The minimum Gasteiger partial charge on any atom is -0.339 e. The monoisotopic (exact) mass is 430 g/mol. The van der Waals surface area contributed by atoms with E-state index in [0.29, 0.717) is 24.2 Å². The van der Waals surface area contributed by atoms with E-state index in [-0.39, 0.29) is 18.2 Å². The molecule has 1 saturated heterocycles. The Bertz CT molecular complexity index is 1180. The zero-order chi connectivity index (χ0) is 22.2. The summed E-state index contributed by atoms with van der Waals surface area (Å²) in [6, 6.07) is 13.4. The smallest absolute Gasteiger partial charge is 0.230 e. The molecule has 2 aliphatic rings. The zero-order valence-corrected chi connectivity index (χ0v) is 18.3. The summed E-state index contributed by atoms with van der Waals surface area (Å²) >= 11 is 0. The van der Waals surface area contributed by atoms with Gasteiger partial charge in [0.25, 0.3) is 0 Å². The molecule has 32 heavy (non-hydrogen) atoms. The number of nitrogens with one attached hydrogen (secondary N) is 1. The fourth-order valence-electron chi connectivity index (χ4n) is 4.24. The van der Waals surface area contributed by atoms with Crippen LogP contribution in [0.2, 0.25) is 0 Å². The van der Waals surface area contributed by atoms with Gasteiger partial charge in [-0.3, -0.25) is 9.59 Å². The third-order valence-electron chi connectivity index (χ3n) is 6.67. The summed E-state index contributed by atoms with van der Waals surface area (Å²) in [7, 11) is 0. The molecule has 0 spiro atoms. The number of nitrogens with zero attached hydrogens (tertiary/aromatic N) is 3. The van der Waals surface area contributed by atoms with Crippen molar-refractivity contribution in [1.82, 2.24) is 10.1 Å². The van der Waals surface area contributed by atoms with Gasteiger partial charge >= 0.3 is 0 Å². The Balaban J connectivity index is 1.31. The third kappa shape index (κ3) is 3.79. The van der Waals surface area contributed by atoms with Gasteiger partial charge in [0.15, 0.2) is 0 Å². The summed E-state index contributed by atoms with van der Waals surface area (Å²) in [6.07, 6.45) is 3.58. The molecule has 7 nitrogen and oxygen atoms in total. The van der Waals surface area contributed by atoms with Gasteiger partial charge in [-0.1, -0.05) is 35.8 Å². The van der Waals surface area contributed by atoms with Gasteiger partial charge in [-0.15, -0.1) is 0 Å². The highest BCUT2D eigenvalue weighted by molar-refractivity contribution is 6.04. The minimum atomic E-state index is -0.401. The molecule has 1 N–H and O–H groups in total. The predicted molar refractivity (Wildman–Crippen MR) is 121 cm³/mol. The number of benzene rings is 2. The van der Waals surface area contributed by atoms with E-state index in [1.165, 1.54) is 6.42 Å². The molecule has 1 aliphatic heterocycles. The second-order valence-corrected chi connectivity index (χ2v) is 8.78. The molecule has 2 fully saturated rings. The van der Waals surface area contributed by atoms with Crippen molar-refractivity contribution in [2.45, 2.75) is 45.4 Å². The lowest BCUT2D eigenvalue weighted by molar-refractivity contribution is -0.122. The number of amides is 2. The van der Waals surface area contributed by atoms with Crippen LogP contribution in [0.15, 0.2) is 47.0 Å². The molecule has 2 heterocycles. The highest BCUT2D eigenvalue weighted by Gasteiger charge is 2.35. The molecule has 0 unspecified atom stereocenters. The maximum atomic E-state index is 12.9. The molecule has 164 valence electrons. The first-order valence-electron chi connectivity index (χ1n) is 11.1. The zero-order valence-electron chi connectivity index (χ0n) is 18.3. The number of hydrogen-bond donors (Lipinski definition) is 1. The second kappa shape index (κ2) is 8.22. The average molecular weight is 431 g/mol. The molecule has 3 aromatic rings. The van der Waals surface area contributed by atoms with Crippen LogP contribution in [0.3, 0.4) is 0 Å². The van der Waals surface area contributed by atoms with Crippen LogP contribution in [0.5, 0.6) is 0 Å². The lowest BCUT2D eigenvalue weighted by Gasteiger charge is -2.20. The van der Waals surface area contributed by atoms with Gasteiger partial charge < -0.3 is 14.7 Å². The Morgan fingerprint density at radius 2 is 1.97 bits per heavy atom. The fraction of sp³-hybridized carbons (Fsp3) is 0.360. The Labute approximate surface area is 186 Å². The number of hydrogen-bond acceptors (Lipinski definition) is 5. The summed E-state index contributed by atoms with van der Waals surface area (Å²) in [6.45, 7) is 4.34. The van der Waals surface area contributed by atoms with Crippen molar-refractivity contribution in [2.24, 2.45) is 5.92 Å². The summed E-state index contributed by atoms with van der Waals surface area (Å²) in [4.78, 5) is 31.8. The summed E-state index contributed by atoms with van der Waals surface area (Å²) in [5.74, 6) is 1.000. The van der Waals surface area contributed by atoms with Gasteiger partial charge in [0.05, 0.1) is 5.92 Å². The number of carbonyl (C=O) groups is 2. The predicted octanol–water partition coefficient (Wildman–Crippen LogP) is 4.61. The van der Waals surface area contributed by atoms with Crippen molar-refractivity contribution in [3.63, 3.8) is 0 Å². The molecule has 1 aliphatic carbocycles. The molecular weight excluding hydrogens is 404 g/mol. The lowest BCUT2D eigenvalue weighted by atomic mass is 9.85. The maximum Gasteiger partial charge on any atom is 0.230 e. The van der Waals surface area contributed by atoms with Crippen molar-refractivity contribution in [3.05, 3.63) is 59.5 Å². The summed E-state index contributed by atoms with van der Waals surface area (Å²) < 4.78 is 5.44. The Morgan fingerprint density at radius 1 is 1.16 bits per heavy atom. The van der Waals surface area contributed by atoms with E-state index in [0.717, 1.165) is 40.9 Å². The van der Waals surface area contributed by atoms with E-state index < -0.39 is 5.92 Å². The van der Waals surface area contributed by atoms with Crippen molar-refractivity contribution >= 4 is 23.2 Å². The van der Waals surface area contributed by atoms with Crippen molar-refractivity contribution in [2.75, 3.05) is 16.8 Å². The van der Waals surface area contributed by atoms with Crippen LogP contribution in [0.4, 0.5) is 11.4 Å². The van der Waals surface area contributed by atoms with Gasteiger partial charge in [0.1, 0.15) is 0 Å². The topological polar surface area (TPSA) is 88.3 Å². The number of anilines is 2. The van der Waals surface area contributed by atoms with Crippen LogP contribution in [0, 0.1) is 19.8 Å². The largest absolute Gasteiger partial charge is 0.339 e. The molecular formula is C25H26N4O3. The SMILES string of the molecule is Cc1cccc(NC(=O)[C@@H]2CC(=O)N(c3cccc(-c4noc(C5CCC5)n4)c3)C2)c1C. The lowest BCUT2D eigenvalue weighted by Crippen LogP contribution is -2.28. The van der Waals surface area contributed by atoms with Crippen LogP contribution in [-0.4, -0.2) is 28.5 Å². The number of aromatic nitrogens is 2. The highest BCUT2D eigenvalue weighted by atomic mass is 16.5. The number of carbonyl (C=O) groups excluding carboxylic acids is 2. The molecule has 2 aromatic carbocycles. The van der Waals surface area contributed by atoms with Crippen molar-refractivity contribution in [1.29, 1.82) is 0 Å². The van der Waals surface area contributed by atoms with Crippen LogP contribution < -0.4 is 10.2 Å². The number of rotatable bonds is 5. The molecule has 5 rings (SSSR count). The first-order chi connectivity index (χ1) is 15.5. The average Bonchev–Trinajstić information content (AvgIpc) is 3.37. The Hall–Kier alpha value is -3.48. The van der Waals surface area contributed by atoms with E-state index in [1.807, 2.05) is 56.3 Å². The number of aryl methyl sites for hydroxylation is 1. The van der Waals surface area contributed by atoms with Crippen LogP contribution in [0.25, 0.3) is 11.4 Å². The second-order valence-electron chi connectivity index (χ2n) is 8.78. The van der Waals surface area contributed by atoms with Gasteiger partial charge in [-0.2, -0.15) is 4.98 Å². The molecule has 0 radical (unpaired) electrons. The van der Waals surface area contributed by atoms with E-state index >= 15 is 0 Å². The van der Waals surface area contributed by atoms with Crippen LogP contribution in [-0.2, 0) is 9.59 Å². The van der Waals surface area contributed by atoms with Gasteiger partial charge in [-0.25, -0.2) is 0 Å². The molecule has 1 atom stereocenters. The molecule has 1 saturated carbocycles.